The van der Waals surface area contributed by atoms with Gasteiger partial charge < -0.3 is 15.3 Å². The maximum atomic E-state index is 13.1. The summed E-state index contributed by atoms with van der Waals surface area (Å²) >= 11 is 3.27. The number of halogens is 2. The zero-order chi connectivity index (χ0) is 15.3. The minimum absolute atomic E-state index is 0.103. The molecule has 110 valence electrons. The lowest BCUT2D eigenvalue weighted by Gasteiger charge is -2.20. The highest BCUT2D eigenvalue weighted by Gasteiger charge is 2.17. The molecule has 1 unspecified atom stereocenters. The number of nitrogens with zero attached hydrogens (tertiary/aromatic N) is 1. The van der Waals surface area contributed by atoms with Crippen molar-refractivity contribution in [2.45, 2.75) is 13.5 Å². The van der Waals surface area contributed by atoms with Gasteiger partial charge in [-0.1, -0.05) is 22.9 Å². The molecule has 0 aromatic heterocycles. The Morgan fingerprint density at radius 1 is 1.50 bits per heavy atom. The lowest BCUT2D eigenvalue weighted by molar-refractivity contribution is -0.141. The number of carboxylic acids is 1. The maximum absolute atomic E-state index is 13.1. The largest absolute Gasteiger partial charge is 0.481 e. The van der Waals surface area contributed by atoms with E-state index in [4.69, 9.17) is 5.11 Å². The van der Waals surface area contributed by atoms with E-state index < -0.39 is 17.9 Å². The van der Waals surface area contributed by atoms with Gasteiger partial charge in [-0.05, 0) is 23.8 Å². The van der Waals surface area contributed by atoms with Gasteiger partial charge in [-0.15, -0.1) is 0 Å². The highest BCUT2D eigenvalue weighted by Crippen LogP contribution is 2.17. The molecule has 1 atom stereocenters. The molecule has 0 radical (unpaired) electrons. The van der Waals surface area contributed by atoms with Crippen LogP contribution in [0.3, 0.4) is 0 Å². The van der Waals surface area contributed by atoms with Crippen LogP contribution in [0.15, 0.2) is 22.7 Å². The molecule has 1 aromatic rings. The molecule has 0 heterocycles. The van der Waals surface area contributed by atoms with Gasteiger partial charge in [-0.2, -0.15) is 0 Å². The molecule has 2 N–H and O–H groups in total. The highest BCUT2D eigenvalue weighted by atomic mass is 79.9. The lowest BCUT2D eigenvalue weighted by Crippen LogP contribution is -2.40. The summed E-state index contributed by atoms with van der Waals surface area (Å²) in [5.41, 5.74) is 0.609. The van der Waals surface area contributed by atoms with Crippen molar-refractivity contribution in [2.75, 3.05) is 13.6 Å². The maximum Gasteiger partial charge on any atom is 0.317 e. The summed E-state index contributed by atoms with van der Waals surface area (Å²) in [7, 11) is 1.51. The molecular weight excluding hydrogens is 331 g/mol. The van der Waals surface area contributed by atoms with Gasteiger partial charge in [0, 0.05) is 24.6 Å². The van der Waals surface area contributed by atoms with Crippen LogP contribution >= 0.6 is 15.9 Å². The molecule has 20 heavy (non-hydrogen) atoms. The third kappa shape index (κ3) is 4.80. The van der Waals surface area contributed by atoms with Crippen molar-refractivity contribution in [3.8, 4) is 0 Å². The van der Waals surface area contributed by atoms with Gasteiger partial charge in [-0.3, -0.25) is 4.79 Å². The molecule has 2 amide bonds. The zero-order valence-corrected chi connectivity index (χ0v) is 12.8. The van der Waals surface area contributed by atoms with E-state index in [9.17, 15) is 14.0 Å². The van der Waals surface area contributed by atoms with E-state index in [1.54, 1.807) is 6.07 Å². The van der Waals surface area contributed by atoms with Crippen molar-refractivity contribution >= 4 is 27.9 Å². The molecule has 0 saturated carbocycles. The number of carbonyl (C=O) groups is 2. The summed E-state index contributed by atoms with van der Waals surface area (Å²) in [4.78, 5) is 23.8. The first kappa shape index (κ1) is 16.4. The molecule has 7 heteroatoms. The Kier molecular flexibility index (Phi) is 5.94. The van der Waals surface area contributed by atoms with Crippen LogP contribution in [0.1, 0.15) is 12.5 Å². The third-order valence-corrected chi connectivity index (χ3v) is 3.53. The van der Waals surface area contributed by atoms with Gasteiger partial charge in [0.25, 0.3) is 0 Å². The second-order valence-corrected chi connectivity index (χ2v) is 5.37. The minimum Gasteiger partial charge on any atom is -0.481 e. The molecule has 0 fully saturated rings. The van der Waals surface area contributed by atoms with Gasteiger partial charge >= 0.3 is 12.0 Å². The number of amides is 2. The Labute approximate surface area is 124 Å². The topological polar surface area (TPSA) is 69.6 Å². The predicted octanol–water partition coefficient (Wildman–Crippen LogP) is 2.45. The number of carbonyl (C=O) groups excluding carboxylic acids is 1. The number of rotatable bonds is 5. The van der Waals surface area contributed by atoms with Crippen LogP contribution < -0.4 is 5.32 Å². The van der Waals surface area contributed by atoms with Gasteiger partial charge in [0.15, 0.2) is 0 Å². The Morgan fingerprint density at radius 2 is 2.15 bits per heavy atom. The number of urea groups is 1. The molecule has 0 aliphatic rings. The van der Waals surface area contributed by atoms with Gasteiger partial charge in [-0.25, -0.2) is 9.18 Å². The van der Waals surface area contributed by atoms with Crippen molar-refractivity contribution in [1.29, 1.82) is 0 Å². The normalized spacial score (nSPS) is 11.8. The van der Waals surface area contributed by atoms with Crippen molar-refractivity contribution in [3.63, 3.8) is 0 Å². The van der Waals surface area contributed by atoms with Crippen LogP contribution in [-0.4, -0.2) is 35.6 Å². The fourth-order valence-electron chi connectivity index (χ4n) is 1.56. The number of hydrogen-bond donors (Lipinski definition) is 2. The number of carboxylic acid groups (broad SMARTS) is 1. The molecule has 0 spiro atoms. The molecular formula is C13H16BrFN2O3. The molecule has 1 aromatic carbocycles. The van der Waals surface area contributed by atoms with Crippen LogP contribution in [-0.2, 0) is 11.3 Å². The van der Waals surface area contributed by atoms with E-state index in [2.05, 4.69) is 21.2 Å². The van der Waals surface area contributed by atoms with E-state index in [0.29, 0.717) is 10.0 Å². The van der Waals surface area contributed by atoms with E-state index >= 15 is 0 Å². The molecule has 0 aliphatic carbocycles. The summed E-state index contributed by atoms with van der Waals surface area (Å²) in [6.07, 6.45) is 0. The number of benzene rings is 1. The number of aliphatic carboxylic acids is 1. The zero-order valence-electron chi connectivity index (χ0n) is 11.2. The first-order valence-electron chi connectivity index (χ1n) is 5.97. The van der Waals surface area contributed by atoms with Gasteiger partial charge in [0.2, 0.25) is 0 Å². The lowest BCUT2D eigenvalue weighted by atomic mass is 10.2. The van der Waals surface area contributed by atoms with Crippen molar-refractivity contribution < 1.29 is 19.1 Å². The number of hydrogen-bond acceptors (Lipinski definition) is 2. The summed E-state index contributed by atoms with van der Waals surface area (Å²) in [5, 5.41) is 11.4. The predicted molar refractivity (Wildman–Crippen MR) is 75.8 cm³/mol. The van der Waals surface area contributed by atoms with Crippen LogP contribution in [0.4, 0.5) is 9.18 Å². The first-order chi connectivity index (χ1) is 9.31. The number of nitrogens with one attached hydrogen (secondary N) is 1. The quantitative estimate of drug-likeness (QED) is 0.860. The van der Waals surface area contributed by atoms with E-state index in [1.807, 2.05) is 0 Å². The molecule has 0 saturated heterocycles. The summed E-state index contributed by atoms with van der Waals surface area (Å²) in [6.45, 7) is 1.78. The van der Waals surface area contributed by atoms with Gasteiger partial charge in [0.1, 0.15) is 5.82 Å². The van der Waals surface area contributed by atoms with Crippen molar-refractivity contribution in [3.05, 3.63) is 34.1 Å². The molecule has 0 aliphatic heterocycles. The average molecular weight is 347 g/mol. The van der Waals surface area contributed by atoms with Crippen LogP contribution in [0.5, 0.6) is 0 Å². The Morgan fingerprint density at radius 3 is 2.75 bits per heavy atom. The molecule has 1 rings (SSSR count). The Bertz CT molecular complexity index is 510. The van der Waals surface area contributed by atoms with Crippen LogP contribution in [0.25, 0.3) is 0 Å². The minimum atomic E-state index is -0.961. The molecule has 0 bridgehead atoms. The second kappa shape index (κ2) is 7.23. The smallest absolute Gasteiger partial charge is 0.317 e. The second-order valence-electron chi connectivity index (χ2n) is 4.51. The third-order valence-electron chi connectivity index (χ3n) is 2.75. The van der Waals surface area contributed by atoms with Gasteiger partial charge in [0.05, 0.1) is 5.92 Å². The Hall–Kier alpha value is -1.63. The van der Waals surface area contributed by atoms with Crippen molar-refractivity contribution in [2.24, 2.45) is 5.92 Å². The van der Waals surface area contributed by atoms with Crippen molar-refractivity contribution in [1.82, 2.24) is 10.2 Å². The summed E-state index contributed by atoms with van der Waals surface area (Å²) < 4.78 is 13.8. The fraction of sp³-hybridized carbons (Fsp3) is 0.385. The van der Waals surface area contributed by atoms with E-state index in [1.165, 1.54) is 31.0 Å². The monoisotopic (exact) mass is 346 g/mol. The fourth-order valence-corrected chi connectivity index (χ4v) is 1.94. The average Bonchev–Trinajstić information content (AvgIpc) is 2.39. The van der Waals surface area contributed by atoms with E-state index in [0.717, 1.165) is 0 Å². The molecule has 5 nitrogen and oxygen atoms in total. The van der Waals surface area contributed by atoms with Crippen LogP contribution in [0, 0.1) is 11.7 Å². The standard InChI is InChI=1S/C13H16BrFN2O3/c1-8(12(18)19)7-17(2)13(20)16-6-9-5-10(15)3-4-11(9)14/h3-5,8H,6-7H2,1-2H3,(H,16,20)(H,18,19). The highest BCUT2D eigenvalue weighted by molar-refractivity contribution is 9.10. The first-order valence-corrected chi connectivity index (χ1v) is 6.76. The summed E-state index contributed by atoms with van der Waals surface area (Å²) in [6, 6.07) is 3.79. The Balaban J connectivity index is 2.54. The SMILES string of the molecule is CC(CN(C)C(=O)NCc1cc(F)ccc1Br)C(=O)O. The summed E-state index contributed by atoms with van der Waals surface area (Å²) in [5.74, 6) is -1.99. The van der Waals surface area contributed by atoms with Crippen LogP contribution in [0.2, 0.25) is 0 Å². The van der Waals surface area contributed by atoms with E-state index in [-0.39, 0.29) is 18.9 Å².